The predicted molar refractivity (Wildman–Crippen MR) is 102 cm³/mol. The number of nitrogens with zero attached hydrogens (tertiary/aromatic N) is 2. The largest absolute Gasteiger partial charge is 0.453 e. The van der Waals surface area contributed by atoms with E-state index in [1.807, 2.05) is 41.5 Å². The summed E-state index contributed by atoms with van der Waals surface area (Å²) in [5.41, 5.74) is -0.244. The Morgan fingerprint density at radius 2 is 1.11 bits per heavy atom. The van der Waals surface area contributed by atoms with Crippen molar-refractivity contribution in [3.63, 3.8) is 0 Å². The van der Waals surface area contributed by atoms with Crippen molar-refractivity contribution >= 4 is 23.8 Å². The van der Waals surface area contributed by atoms with Crippen molar-refractivity contribution in [1.29, 1.82) is 0 Å². The molecule has 0 radical (unpaired) electrons. The highest BCUT2D eigenvalue weighted by Gasteiger charge is 2.21. The van der Waals surface area contributed by atoms with E-state index in [0.29, 0.717) is 23.2 Å². The van der Waals surface area contributed by atoms with Gasteiger partial charge in [0.25, 0.3) is 0 Å². The molecule has 10 heteroatoms. The van der Waals surface area contributed by atoms with E-state index in [9.17, 15) is 9.59 Å². The maximum Gasteiger partial charge on any atom is 0.412 e. The van der Waals surface area contributed by atoms with Crippen LogP contribution in [0.3, 0.4) is 0 Å². The molecule has 0 bridgehead atoms. The predicted octanol–water partition coefficient (Wildman–Crippen LogP) is 4.30. The highest BCUT2D eigenvalue weighted by Crippen LogP contribution is 2.25. The molecule has 0 unspecified atom stereocenters. The normalized spacial score (nSPS) is 11.1. The van der Waals surface area contributed by atoms with Crippen LogP contribution in [0.4, 0.5) is 21.2 Å². The average molecular weight is 396 g/mol. The number of nitrogens with one attached hydrogen (secondary N) is 2. The van der Waals surface area contributed by atoms with Gasteiger partial charge in [-0.25, -0.2) is 9.59 Å². The Labute approximate surface area is 163 Å². The summed E-state index contributed by atoms with van der Waals surface area (Å²) in [4.78, 5) is 21.7. The Balaban J connectivity index is 0.000000280. The molecule has 2 amide bonds. The quantitative estimate of drug-likeness (QED) is 0.768. The minimum atomic E-state index is -0.557. The Hall–Kier alpha value is -3.04. The summed E-state index contributed by atoms with van der Waals surface area (Å²) in [6.07, 6.45) is -1.11. The van der Waals surface area contributed by atoms with Gasteiger partial charge in [-0.05, 0) is 0 Å². The lowest BCUT2D eigenvalue weighted by atomic mass is 9.93. The van der Waals surface area contributed by atoms with E-state index >= 15 is 0 Å². The van der Waals surface area contributed by atoms with E-state index in [-0.39, 0.29) is 10.8 Å². The van der Waals surface area contributed by atoms with Gasteiger partial charge in [-0.3, -0.25) is 10.6 Å². The van der Waals surface area contributed by atoms with Crippen LogP contribution in [-0.2, 0) is 20.3 Å². The zero-order valence-electron chi connectivity index (χ0n) is 17.5. The smallest absolute Gasteiger partial charge is 0.412 e. The first kappa shape index (κ1) is 23.0. The van der Waals surface area contributed by atoms with Gasteiger partial charge in [-0.15, -0.1) is 0 Å². The lowest BCUT2D eigenvalue weighted by Gasteiger charge is -2.11. The highest BCUT2D eigenvalue weighted by molar-refractivity contribution is 5.83. The number of carbonyl (C=O) groups is 2. The van der Waals surface area contributed by atoms with E-state index in [4.69, 9.17) is 9.05 Å². The molecule has 0 aromatic carbocycles. The molecule has 0 aliphatic carbocycles. The number of hydrogen-bond acceptors (Lipinski definition) is 8. The standard InChI is InChI=1S/2C9H14N2O3/c2*1-9(2,3)6-5-7(11-14-6)10-8(12)13-4/h2*5H,1-4H3,(H,10,11,12). The number of hydrogen-bond donors (Lipinski definition) is 2. The van der Waals surface area contributed by atoms with Crippen molar-refractivity contribution in [1.82, 2.24) is 10.3 Å². The Morgan fingerprint density at radius 3 is 1.32 bits per heavy atom. The van der Waals surface area contributed by atoms with Gasteiger partial charge in [0.1, 0.15) is 11.5 Å². The molecule has 28 heavy (non-hydrogen) atoms. The van der Waals surface area contributed by atoms with Crippen molar-refractivity contribution in [2.45, 2.75) is 52.4 Å². The number of carbonyl (C=O) groups excluding carboxylic acids is 2. The second kappa shape index (κ2) is 9.25. The zero-order valence-corrected chi connectivity index (χ0v) is 17.5. The Bertz CT molecular complexity index is 716. The van der Waals surface area contributed by atoms with Crippen LogP contribution in [0, 0.1) is 0 Å². The molecular weight excluding hydrogens is 368 g/mol. The van der Waals surface area contributed by atoms with Crippen LogP contribution in [0.5, 0.6) is 0 Å². The monoisotopic (exact) mass is 396 g/mol. The van der Waals surface area contributed by atoms with Crippen LogP contribution in [0.15, 0.2) is 21.2 Å². The molecule has 0 aliphatic heterocycles. The Kier molecular flexibility index (Phi) is 7.60. The fourth-order valence-electron chi connectivity index (χ4n) is 1.69. The third kappa shape index (κ3) is 7.29. The second-order valence-corrected chi connectivity index (χ2v) is 7.89. The van der Waals surface area contributed by atoms with E-state index in [2.05, 4.69) is 30.4 Å². The van der Waals surface area contributed by atoms with Crippen LogP contribution >= 0.6 is 0 Å². The topological polar surface area (TPSA) is 129 Å². The molecule has 0 atom stereocenters. The van der Waals surface area contributed by atoms with Crippen molar-refractivity contribution in [2.75, 3.05) is 24.9 Å². The van der Waals surface area contributed by atoms with Gasteiger partial charge < -0.3 is 18.5 Å². The van der Waals surface area contributed by atoms with Gasteiger partial charge in [-0.1, -0.05) is 51.9 Å². The molecule has 2 heterocycles. The first-order valence-electron chi connectivity index (χ1n) is 8.51. The van der Waals surface area contributed by atoms with Gasteiger partial charge in [0.05, 0.1) is 14.2 Å². The summed E-state index contributed by atoms with van der Waals surface area (Å²) >= 11 is 0. The van der Waals surface area contributed by atoms with E-state index in [0.717, 1.165) is 0 Å². The van der Waals surface area contributed by atoms with Crippen molar-refractivity contribution in [3.05, 3.63) is 23.7 Å². The maximum absolute atomic E-state index is 10.8. The summed E-state index contributed by atoms with van der Waals surface area (Å²) in [5.74, 6) is 2.15. The van der Waals surface area contributed by atoms with Gasteiger partial charge in [0.15, 0.2) is 11.6 Å². The summed E-state index contributed by atoms with van der Waals surface area (Å²) in [6, 6.07) is 3.36. The second-order valence-electron chi connectivity index (χ2n) is 7.89. The third-order valence-electron chi connectivity index (χ3n) is 3.33. The van der Waals surface area contributed by atoms with E-state index in [1.54, 1.807) is 12.1 Å². The summed E-state index contributed by atoms with van der Waals surface area (Å²) < 4.78 is 18.9. The lowest BCUT2D eigenvalue weighted by Crippen LogP contribution is -2.11. The fraction of sp³-hybridized carbons (Fsp3) is 0.556. The van der Waals surface area contributed by atoms with Crippen LogP contribution in [0.2, 0.25) is 0 Å². The molecule has 0 saturated carbocycles. The minimum absolute atomic E-state index is 0.122. The van der Waals surface area contributed by atoms with Crippen molar-refractivity contribution < 1.29 is 28.1 Å². The van der Waals surface area contributed by atoms with Crippen LogP contribution in [-0.4, -0.2) is 36.7 Å². The van der Waals surface area contributed by atoms with E-state index in [1.165, 1.54) is 14.2 Å². The van der Waals surface area contributed by atoms with Crippen LogP contribution in [0.25, 0.3) is 0 Å². The number of rotatable bonds is 2. The average Bonchev–Trinajstić information content (AvgIpc) is 3.24. The molecule has 10 nitrogen and oxygen atoms in total. The summed E-state index contributed by atoms with van der Waals surface area (Å²) in [5, 5.41) is 12.2. The lowest BCUT2D eigenvalue weighted by molar-refractivity contribution is 0.185. The molecule has 156 valence electrons. The maximum atomic E-state index is 10.8. The number of aromatic nitrogens is 2. The molecule has 0 aliphatic rings. The number of methoxy groups -OCH3 is 2. The summed E-state index contributed by atoms with van der Waals surface area (Å²) in [6.45, 7) is 12.0. The van der Waals surface area contributed by atoms with Crippen LogP contribution < -0.4 is 10.6 Å². The minimum Gasteiger partial charge on any atom is -0.453 e. The third-order valence-corrected chi connectivity index (χ3v) is 3.33. The summed E-state index contributed by atoms with van der Waals surface area (Å²) in [7, 11) is 2.58. The molecule has 0 saturated heterocycles. The SMILES string of the molecule is COC(=O)Nc1cc(C(C)(C)C)on1.COC(=O)Nc1cc(C(C)(C)C)on1. The van der Waals surface area contributed by atoms with Gasteiger partial charge in [0, 0.05) is 23.0 Å². The van der Waals surface area contributed by atoms with Gasteiger partial charge in [-0.2, -0.15) is 0 Å². The first-order chi connectivity index (χ1) is 12.9. The molecule has 2 aromatic rings. The molecule has 2 N–H and O–H groups in total. The first-order valence-corrected chi connectivity index (χ1v) is 8.51. The fourth-order valence-corrected chi connectivity index (χ4v) is 1.69. The number of ether oxygens (including phenoxy) is 2. The number of anilines is 2. The van der Waals surface area contributed by atoms with Crippen molar-refractivity contribution in [2.24, 2.45) is 0 Å². The molecule has 2 aromatic heterocycles. The molecule has 0 spiro atoms. The van der Waals surface area contributed by atoms with Crippen LogP contribution in [0.1, 0.15) is 53.1 Å². The molecule has 2 rings (SSSR count). The molecule has 0 fully saturated rings. The van der Waals surface area contributed by atoms with Gasteiger partial charge in [0.2, 0.25) is 0 Å². The Morgan fingerprint density at radius 1 is 0.786 bits per heavy atom. The van der Waals surface area contributed by atoms with Crippen molar-refractivity contribution in [3.8, 4) is 0 Å². The van der Waals surface area contributed by atoms with E-state index < -0.39 is 12.2 Å². The highest BCUT2D eigenvalue weighted by atomic mass is 16.5. The zero-order chi connectivity index (χ0) is 21.5. The molecular formula is C18H28N4O6. The number of amides is 2. The van der Waals surface area contributed by atoms with Gasteiger partial charge >= 0.3 is 12.2 Å².